The number of pyridine rings is 1. The van der Waals surface area contributed by atoms with Crippen LogP contribution in [0.1, 0.15) is 29.2 Å². The maximum Gasteiger partial charge on any atom is 0.416 e. The molecule has 1 fully saturated rings. The first-order valence-electron chi connectivity index (χ1n) is 8.33. The summed E-state index contributed by atoms with van der Waals surface area (Å²) in [7, 11) is 1.60. The van der Waals surface area contributed by atoms with E-state index >= 15 is 0 Å². The van der Waals surface area contributed by atoms with Crippen LogP contribution in [-0.4, -0.2) is 28.7 Å². The number of alkyl halides is 3. The monoisotopic (exact) mass is 377 g/mol. The maximum absolute atomic E-state index is 13.1. The highest BCUT2D eigenvalue weighted by atomic mass is 19.4. The van der Waals surface area contributed by atoms with Crippen LogP contribution in [0.4, 0.5) is 18.9 Å². The van der Waals surface area contributed by atoms with Crippen molar-refractivity contribution in [1.29, 1.82) is 0 Å². The maximum atomic E-state index is 13.1. The van der Waals surface area contributed by atoms with Crippen molar-refractivity contribution in [3.8, 4) is 0 Å². The van der Waals surface area contributed by atoms with Crippen LogP contribution in [-0.2, 0) is 15.8 Å². The Morgan fingerprint density at radius 2 is 2.04 bits per heavy atom. The minimum absolute atomic E-state index is 0.0140. The lowest BCUT2D eigenvalue weighted by molar-refractivity contribution is -0.138. The van der Waals surface area contributed by atoms with Gasteiger partial charge in [-0.2, -0.15) is 13.2 Å². The molecule has 0 spiro atoms. The largest absolute Gasteiger partial charge is 0.416 e. The molecule has 27 heavy (non-hydrogen) atoms. The van der Waals surface area contributed by atoms with Crippen molar-refractivity contribution in [3.63, 3.8) is 0 Å². The summed E-state index contributed by atoms with van der Waals surface area (Å²) in [5.41, 5.74) is 0.0176. The van der Waals surface area contributed by atoms with Crippen molar-refractivity contribution in [2.45, 2.75) is 25.6 Å². The Kier molecular flexibility index (Phi) is 4.91. The number of halogens is 3. The van der Waals surface area contributed by atoms with E-state index in [1.165, 1.54) is 24.0 Å². The van der Waals surface area contributed by atoms with Gasteiger partial charge in [0, 0.05) is 31.5 Å². The lowest BCUT2D eigenvalue weighted by atomic mass is 9.93. The number of aromatic nitrogens is 1. The molecule has 2 amide bonds. The SMILES string of the molecule is Cc1ccc(NC(=O)[C@H]2CC(=O)N(C)[C@@H]2c2cccnc2)cc1C(F)(F)F. The van der Waals surface area contributed by atoms with Gasteiger partial charge < -0.3 is 10.2 Å². The molecule has 0 unspecified atom stereocenters. The first-order chi connectivity index (χ1) is 12.7. The lowest BCUT2D eigenvalue weighted by Crippen LogP contribution is -2.30. The molecule has 142 valence electrons. The summed E-state index contributed by atoms with van der Waals surface area (Å²) in [5, 5.41) is 2.53. The van der Waals surface area contributed by atoms with E-state index in [2.05, 4.69) is 10.3 Å². The zero-order chi connectivity index (χ0) is 19.8. The van der Waals surface area contributed by atoms with E-state index in [0.29, 0.717) is 5.56 Å². The zero-order valence-corrected chi connectivity index (χ0v) is 14.7. The van der Waals surface area contributed by atoms with Gasteiger partial charge in [-0.05, 0) is 36.2 Å². The third-order valence-corrected chi connectivity index (χ3v) is 4.76. The Bertz CT molecular complexity index is 868. The second kappa shape index (κ2) is 7.02. The molecule has 1 aliphatic rings. The fraction of sp³-hybridized carbons (Fsp3) is 0.316. The average Bonchev–Trinajstić information content (AvgIpc) is 2.91. The normalized spacial score (nSPS) is 20.0. The first kappa shape index (κ1) is 18.9. The van der Waals surface area contributed by atoms with Gasteiger partial charge in [0.15, 0.2) is 0 Å². The Balaban J connectivity index is 1.86. The highest BCUT2D eigenvalue weighted by Gasteiger charge is 2.43. The molecule has 2 heterocycles. The van der Waals surface area contributed by atoms with Crippen molar-refractivity contribution >= 4 is 17.5 Å². The van der Waals surface area contributed by atoms with Crippen molar-refractivity contribution < 1.29 is 22.8 Å². The van der Waals surface area contributed by atoms with E-state index in [9.17, 15) is 22.8 Å². The van der Waals surface area contributed by atoms with Gasteiger partial charge in [-0.25, -0.2) is 0 Å². The Morgan fingerprint density at radius 1 is 1.30 bits per heavy atom. The van der Waals surface area contributed by atoms with Gasteiger partial charge in [0.25, 0.3) is 0 Å². The van der Waals surface area contributed by atoms with Gasteiger partial charge in [0.2, 0.25) is 11.8 Å². The van der Waals surface area contributed by atoms with Gasteiger partial charge in [-0.15, -0.1) is 0 Å². The Morgan fingerprint density at radius 3 is 2.67 bits per heavy atom. The van der Waals surface area contributed by atoms with Crippen LogP contribution in [0.15, 0.2) is 42.7 Å². The molecular weight excluding hydrogens is 359 g/mol. The molecule has 8 heteroatoms. The third kappa shape index (κ3) is 3.79. The summed E-state index contributed by atoms with van der Waals surface area (Å²) in [4.78, 5) is 30.4. The molecule has 0 aliphatic carbocycles. The number of carbonyl (C=O) groups is 2. The number of aryl methyl sites for hydroxylation is 1. The summed E-state index contributed by atoms with van der Waals surface area (Å²) in [5.74, 6) is -1.43. The second-order valence-corrected chi connectivity index (χ2v) is 6.56. The van der Waals surface area contributed by atoms with Crippen LogP contribution >= 0.6 is 0 Å². The number of carbonyl (C=O) groups excluding carboxylic acids is 2. The molecule has 0 saturated carbocycles. The summed E-state index contributed by atoms with van der Waals surface area (Å²) in [6.07, 6.45) is -1.36. The summed E-state index contributed by atoms with van der Waals surface area (Å²) in [6, 6.07) is 6.59. The molecule has 3 rings (SSSR count). The van der Waals surface area contributed by atoms with Gasteiger partial charge >= 0.3 is 6.18 Å². The quantitative estimate of drug-likeness (QED) is 0.890. The molecule has 1 aromatic carbocycles. The minimum atomic E-state index is -4.51. The van der Waals surface area contributed by atoms with E-state index in [1.807, 2.05) is 0 Å². The van der Waals surface area contributed by atoms with Crippen LogP contribution in [0.2, 0.25) is 0 Å². The second-order valence-electron chi connectivity index (χ2n) is 6.56. The van der Waals surface area contributed by atoms with Crippen LogP contribution < -0.4 is 5.32 Å². The lowest BCUT2D eigenvalue weighted by Gasteiger charge is -2.24. The molecule has 1 saturated heterocycles. The molecular formula is C19H18F3N3O2. The van der Waals surface area contributed by atoms with Crippen molar-refractivity contribution in [1.82, 2.24) is 9.88 Å². The number of rotatable bonds is 3. The number of nitrogens with one attached hydrogen (secondary N) is 1. The third-order valence-electron chi connectivity index (χ3n) is 4.76. The minimum Gasteiger partial charge on any atom is -0.338 e. The summed E-state index contributed by atoms with van der Waals surface area (Å²) in [6.45, 7) is 1.36. The number of amides is 2. The summed E-state index contributed by atoms with van der Waals surface area (Å²) < 4.78 is 39.2. The highest BCUT2D eigenvalue weighted by Crippen LogP contribution is 2.38. The van der Waals surface area contributed by atoms with Crippen molar-refractivity contribution in [3.05, 3.63) is 59.4 Å². The molecule has 0 bridgehead atoms. The van der Waals surface area contributed by atoms with E-state index in [1.54, 1.807) is 31.6 Å². The topological polar surface area (TPSA) is 62.3 Å². The van der Waals surface area contributed by atoms with E-state index in [-0.39, 0.29) is 23.6 Å². The highest BCUT2D eigenvalue weighted by molar-refractivity contribution is 5.98. The molecule has 2 atom stereocenters. The van der Waals surface area contributed by atoms with Crippen LogP contribution in [0.5, 0.6) is 0 Å². The van der Waals surface area contributed by atoms with Crippen LogP contribution in [0.3, 0.4) is 0 Å². The number of hydrogen-bond acceptors (Lipinski definition) is 3. The molecule has 1 aliphatic heterocycles. The number of anilines is 1. The van der Waals surface area contributed by atoms with Crippen molar-refractivity contribution in [2.24, 2.45) is 5.92 Å². The fourth-order valence-electron chi connectivity index (χ4n) is 3.35. The Hall–Kier alpha value is -2.90. The average molecular weight is 377 g/mol. The van der Waals surface area contributed by atoms with E-state index in [0.717, 1.165) is 6.07 Å². The van der Waals surface area contributed by atoms with Gasteiger partial charge in [0.05, 0.1) is 17.5 Å². The first-order valence-corrected chi connectivity index (χ1v) is 8.33. The smallest absolute Gasteiger partial charge is 0.338 e. The van der Waals surface area contributed by atoms with Gasteiger partial charge in [0.1, 0.15) is 0 Å². The number of hydrogen-bond donors (Lipinski definition) is 1. The predicted molar refractivity (Wildman–Crippen MR) is 92.7 cm³/mol. The van der Waals surface area contributed by atoms with E-state index < -0.39 is 29.6 Å². The van der Waals surface area contributed by atoms with Gasteiger partial charge in [-0.3, -0.25) is 14.6 Å². The van der Waals surface area contributed by atoms with Gasteiger partial charge in [-0.1, -0.05) is 12.1 Å². The number of nitrogens with zero attached hydrogens (tertiary/aromatic N) is 2. The van der Waals surface area contributed by atoms with Crippen molar-refractivity contribution in [2.75, 3.05) is 12.4 Å². The summed E-state index contributed by atoms with van der Waals surface area (Å²) >= 11 is 0. The van der Waals surface area contributed by atoms with Crippen LogP contribution in [0.25, 0.3) is 0 Å². The number of likely N-dealkylation sites (tertiary alicyclic amines) is 1. The standard InChI is InChI=1S/C19H18F3N3O2/c1-11-5-6-13(8-15(11)19(20,21)22)24-18(27)14-9-16(26)25(2)17(14)12-4-3-7-23-10-12/h3-8,10,14,17H,9H2,1-2H3,(H,24,27)/t14-,17+/m0/s1. The molecule has 2 aromatic rings. The van der Waals surface area contributed by atoms with Crippen LogP contribution in [0, 0.1) is 12.8 Å². The molecule has 1 N–H and O–H groups in total. The predicted octanol–water partition coefficient (Wildman–Crippen LogP) is 3.57. The molecule has 1 aromatic heterocycles. The number of benzene rings is 1. The van der Waals surface area contributed by atoms with E-state index in [4.69, 9.17) is 0 Å². The molecule has 0 radical (unpaired) electrons. The zero-order valence-electron chi connectivity index (χ0n) is 14.7. The fourth-order valence-corrected chi connectivity index (χ4v) is 3.35. The molecule has 5 nitrogen and oxygen atoms in total. The Labute approximate surface area is 154 Å².